The summed E-state index contributed by atoms with van der Waals surface area (Å²) in [6.45, 7) is 6.12. The van der Waals surface area contributed by atoms with Crippen molar-refractivity contribution in [2.45, 2.75) is 27.2 Å². The highest BCUT2D eigenvalue weighted by Gasteiger charge is 2.35. The number of nitrogens with one attached hydrogen (secondary N) is 1. The van der Waals surface area contributed by atoms with E-state index in [9.17, 15) is 9.59 Å². The Balaban J connectivity index is 1.51. The van der Waals surface area contributed by atoms with E-state index in [0.29, 0.717) is 23.5 Å². The summed E-state index contributed by atoms with van der Waals surface area (Å²) in [4.78, 5) is 31.1. The van der Waals surface area contributed by atoms with Crippen LogP contribution in [0.1, 0.15) is 23.4 Å². The lowest BCUT2D eigenvalue weighted by atomic mass is 10.1. The normalized spacial score (nSPS) is 16.9. The summed E-state index contributed by atoms with van der Waals surface area (Å²) in [6, 6.07) is 11.4. The Morgan fingerprint density at radius 3 is 2.78 bits per heavy atom. The third-order valence-corrected chi connectivity index (χ3v) is 4.93. The molecule has 138 valence electrons. The van der Waals surface area contributed by atoms with E-state index < -0.39 is 0 Å². The molecule has 1 saturated heterocycles. The molecule has 0 unspecified atom stereocenters. The number of hydrogen-bond acceptors (Lipinski definition) is 4. The molecule has 1 N–H and O–H groups in total. The third-order valence-electron chi connectivity index (χ3n) is 4.93. The summed E-state index contributed by atoms with van der Waals surface area (Å²) in [5.41, 5.74) is 5.08. The maximum absolute atomic E-state index is 12.7. The fourth-order valence-electron chi connectivity index (χ4n) is 3.52. The third kappa shape index (κ3) is 3.30. The van der Waals surface area contributed by atoms with E-state index in [1.54, 1.807) is 17.9 Å². The second kappa shape index (κ2) is 6.54. The van der Waals surface area contributed by atoms with Crippen LogP contribution in [-0.2, 0) is 9.59 Å². The van der Waals surface area contributed by atoms with Gasteiger partial charge in [0.1, 0.15) is 5.52 Å². The Bertz CT molecular complexity index is 1050. The largest absolute Gasteiger partial charge is 0.441 e. The minimum absolute atomic E-state index is 0.0599. The molecule has 3 aromatic rings. The topological polar surface area (TPSA) is 75.4 Å². The second-order valence-corrected chi connectivity index (χ2v) is 7.10. The molecule has 6 nitrogen and oxygen atoms in total. The maximum Gasteiger partial charge on any atom is 0.229 e. The highest BCUT2D eigenvalue weighted by molar-refractivity contribution is 6.04. The number of nitrogens with zero attached hydrogens (tertiary/aromatic N) is 2. The smallest absolute Gasteiger partial charge is 0.229 e. The van der Waals surface area contributed by atoms with E-state index in [1.807, 2.05) is 44.2 Å². The molecule has 1 aliphatic heterocycles. The molecule has 0 saturated carbocycles. The van der Waals surface area contributed by atoms with Gasteiger partial charge in [0.2, 0.25) is 11.8 Å². The molecule has 1 fully saturated rings. The van der Waals surface area contributed by atoms with Gasteiger partial charge in [0.15, 0.2) is 11.5 Å². The van der Waals surface area contributed by atoms with Gasteiger partial charge in [0.05, 0.1) is 5.92 Å². The van der Waals surface area contributed by atoms with Crippen molar-refractivity contribution in [2.24, 2.45) is 5.92 Å². The Hall–Kier alpha value is -3.15. The summed E-state index contributed by atoms with van der Waals surface area (Å²) >= 11 is 0. The standard InChI is InChI=1S/C21H21N3O3/c1-12-4-6-17(13(2)8-12)23-21(26)15-9-20(25)24(11-15)16-5-7-19-18(10-16)22-14(3)27-19/h4-8,10,15H,9,11H2,1-3H3,(H,23,26)/t15-/m1/s1. The number of amides is 2. The number of rotatable bonds is 3. The molecule has 1 aliphatic rings. The molecule has 27 heavy (non-hydrogen) atoms. The lowest BCUT2D eigenvalue weighted by Crippen LogP contribution is -2.28. The number of fused-ring (bicyclic) bond motifs is 1. The summed E-state index contributed by atoms with van der Waals surface area (Å²) in [5, 5.41) is 2.96. The molecule has 6 heteroatoms. The van der Waals surface area contributed by atoms with Crippen LogP contribution < -0.4 is 10.2 Å². The molecule has 0 aliphatic carbocycles. The number of benzene rings is 2. The van der Waals surface area contributed by atoms with Gasteiger partial charge in [0.25, 0.3) is 0 Å². The Morgan fingerprint density at radius 1 is 1.19 bits per heavy atom. The number of oxazole rings is 1. The summed E-state index contributed by atoms with van der Waals surface area (Å²) in [5.74, 6) is 0.0140. The number of aromatic nitrogens is 1. The SMILES string of the molecule is Cc1ccc(NC(=O)[C@@H]2CC(=O)N(c3ccc4oc(C)nc4c3)C2)c(C)c1. The predicted octanol–water partition coefficient (Wildman–Crippen LogP) is 3.74. The molecule has 0 bridgehead atoms. The monoisotopic (exact) mass is 363 g/mol. The van der Waals surface area contributed by atoms with Crippen molar-refractivity contribution in [2.75, 3.05) is 16.8 Å². The van der Waals surface area contributed by atoms with Gasteiger partial charge in [-0.05, 0) is 43.7 Å². The van der Waals surface area contributed by atoms with Crippen molar-refractivity contribution in [1.82, 2.24) is 4.98 Å². The Labute approximate surface area is 157 Å². The molecule has 2 amide bonds. The molecule has 0 radical (unpaired) electrons. The van der Waals surface area contributed by atoms with Gasteiger partial charge in [-0.25, -0.2) is 4.98 Å². The quantitative estimate of drug-likeness (QED) is 0.769. The fraction of sp³-hybridized carbons (Fsp3) is 0.286. The number of aryl methyl sites for hydroxylation is 3. The van der Waals surface area contributed by atoms with Gasteiger partial charge in [0, 0.05) is 31.3 Å². The van der Waals surface area contributed by atoms with Gasteiger partial charge < -0.3 is 14.6 Å². The van der Waals surface area contributed by atoms with Crippen molar-refractivity contribution < 1.29 is 14.0 Å². The second-order valence-electron chi connectivity index (χ2n) is 7.10. The van der Waals surface area contributed by atoms with Crippen molar-refractivity contribution in [1.29, 1.82) is 0 Å². The highest BCUT2D eigenvalue weighted by Crippen LogP contribution is 2.29. The summed E-state index contributed by atoms with van der Waals surface area (Å²) in [7, 11) is 0. The van der Waals surface area contributed by atoms with Gasteiger partial charge in [-0.3, -0.25) is 9.59 Å². The molecule has 1 aromatic heterocycles. The first-order valence-corrected chi connectivity index (χ1v) is 8.96. The van der Waals surface area contributed by atoms with Crippen molar-refractivity contribution >= 4 is 34.3 Å². The van der Waals surface area contributed by atoms with E-state index in [2.05, 4.69) is 10.3 Å². The first-order valence-electron chi connectivity index (χ1n) is 8.96. The summed E-state index contributed by atoms with van der Waals surface area (Å²) in [6.07, 6.45) is 0.201. The average molecular weight is 363 g/mol. The first-order chi connectivity index (χ1) is 12.9. The van der Waals surface area contributed by atoms with Gasteiger partial charge >= 0.3 is 0 Å². The molecular weight excluding hydrogens is 342 g/mol. The van der Waals surface area contributed by atoms with E-state index in [-0.39, 0.29) is 24.2 Å². The van der Waals surface area contributed by atoms with E-state index in [0.717, 1.165) is 22.5 Å². The van der Waals surface area contributed by atoms with Gasteiger partial charge in [-0.15, -0.1) is 0 Å². The molecule has 2 heterocycles. The number of carbonyl (C=O) groups is 2. The highest BCUT2D eigenvalue weighted by atomic mass is 16.3. The van der Waals surface area contributed by atoms with Crippen LogP contribution in [0.2, 0.25) is 0 Å². The van der Waals surface area contributed by atoms with Crippen molar-refractivity contribution in [3.8, 4) is 0 Å². The maximum atomic E-state index is 12.7. The van der Waals surface area contributed by atoms with Crippen molar-refractivity contribution in [3.63, 3.8) is 0 Å². The molecule has 4 rings (SSSR count). The van der Waals surface area contributed by atoms with E-state index >= 15 is 0 Å². The van der Waals surface area contributed by atoms with Crippen LogP contribution in [-0.4, -0.2) is 23.3 Å². The molecule has 1 atom stereocenters. The van der Waals surface area contributed by atoms with Crippen LogP contribution in [0.15, 0.2) is 40.8 Å². The lowest BCUT2D eigenvalue weighted by Gasteiger charge is -2.17. The average Bonchev–Trinajstić information content (AvgIpc) is 3.18. The zero-order chi connectivity index (χ0) is 19.1. The van der Waals surface area contributed by atoms with Crippen LogP contribution in [0.3, 0.4) is 0 Å². The lowest BCUT2D eigenvalue weighted by molar-refractivity contribution is -0.122. The van der Waals surface area contributed by atoms with Crippen LogP contribution in [0.5, 0.6) is 0 Å². The van der Waals surface area contributed by atoms with Crippen molar-refractivity contribution in [3.05, 3.63) is 53.4 Å². The zero-order valence-corrected chi connectivity index (χ0v) is 15.6. The number of carbonyl (C=O) groups excluding carboxylic acids is 2. The fourth-order valence-corrected chi connectivity index (χ4v) is 3.52. The number of anilines is 2. The van der Waals surface area contributed by atoms with Gasteiger partial charge in [-0.2, -0.15) is 0 Å². The Morgan fingerprint density at radius 2 is 2.00 bits per heavy atom. The minimum Gasteiger partial charge on any atom is -0.441 e. The molecule has 2 aromatic carbocycles. The minimum atomic E-state index is -0.382. The van der Waals surface area contributed by atoms with Crippen LogP contribution >= 0.6 is 0 Å². The predicted molar refractivity (Wildman–Crippen MR) is 104 cm³/mol. The number of hydrogen-bond donors (Lipinski definition) is 1. The van der Waals surface area contributed by atoms with E-state index in [1.165, 1.54) is 0 Å². The van der Waals surface area contributed by atoms with Gasteiger partial charge in [-0.1, -0.05) is 17.7 Å². The van der Waals surface area contributed by atoms with Crippen LogP contribution in [0.4, 0.5) is 11.4 Å². The van der Waals surface area contributed by atoms with Crippen LogP contribution in [0.25, 0.3) is 11.1 Å². The molecular formula is C21H21N3O3. The van der Waals surface area contributed by atoms with E-state index in [4.69, 9.17) is 4.42 Å². The Kier molecular flexibility index (Phi) is 4.18. The van der Waals surface area contributed by atoms with Crippen LogP contribution in [0, 0.1) is 26.7 Å². The molecule has 0 spiro atoms. The first kappa shape index (κ1) is 17.3. The summed E-state index contributed by atoms with van der Waals surface area (Å²) < 4.78 is 5.48. The zero-order valence-electron chi connectivity index (χ0n) is 15.6.